The maximum Gasteiger partial charge on any atom is 0.307 e. The fourth-order valence-corrected chi connectivity index (χ4v) is 2.99. The number of halogens is 1. The van der Waals surface area contributed by atoms with Crippen LogP contribution in [0.3, 0.4) is 0 Å². The molecule has 0 spiro atoms. The molecule has 106 valence electrons. The van der Waals surface area contributed by atoms with Gasteiger partial charge < -0.3 is 0 Å². The molecule has 3 nitrogen and oxygen atoms in total. The summed E-state index contributed by atoms with van der Waals surface area (Å²) in [4.78, 5) is 4.56. The number of hydrogen-bond acceptors (Lipinski definition) is 1. The molecule has 0 saturated carbocycles. The maximum absolute atomic E-state index is 4.56. The van der Waals surface area contributed by atoms with Crippen LogP contribution in [0.4, 0.5) is 0 Å². The second-order valence-electron chi connectivity index (χ2n) is 5.02. The van der Waals surface area contributed by atoms with Crippen LogP contribution in [-0.2, 0) is 0 Å². The second kappa shape index (κ2) is 5.39. The SMILES string of the molecule is Brc1cccc(-n2c[n+](-c3ccccc3)c3ncccc32)c1. The standard InChI is InChI=1S/C18H13BrN3/c19-14-6-4-9-16(12-14)21-13-22(15-7-2-1-3-8-15)18-17(21)10-5-11-20-18/h1-13H/q+1. The molecule has 4 heteroatoms. The number of imidazole rings is 1. The van der Waals surface area contributed by atoms with Gasteiger partial charge in [0.2, 0.25) is 6.33 Å². The number of pyridine rings is 1. The number of para-hydroxylation sites is 1. The Hall–Kier alpha value is -2.46. The summed E-state index contributed by atoms with van der Waals surface area (Å²) in [6.07, 6.45) is 3.90. The fourth-order valence-electron chi connectivity index (χ4n) is 2.60. The molecule has 0 atom stereocenters. The van der Waals surface area contributed by atoms with Crippen molar-refractivity contribution in [2.75, 3.05) is 0 Å². The topological polar surface area (TPSA) is 21.7 Å². The van der Waals surface area contributed by atoms with E-state index < -0.39 is 0 Å². The summed E-state index contributed by atoms with van der Waals surface area (Å²) >= 11 is 3.54. The third-order valence-corrected chi connectivity index (χ3v) is 4.10. The van der Waals surface area contributed by atoms with Gasteiger partial charge in [0.25, 0.3) is 0 Å². The summed E-state index contributed by atoms with van der Waals surface area (Å²) in [6.45, 7) is 0. The number of aromatic nitrogens is 3. The Labute approximate surface area is 136 Å². The minimum Gasteiger partial charge on any atom is -0.226 e. The molecule has 0 bridgehead atoms. The molecule has 2 heterocycles. The van der Waals surface area contributed by atoms with Gasteiger partial charge in [-0.1, -0.05) is 40.2 Å². The molecule has 0 fully saturated rings. The van der Waals surface area contributed by atoms with E-state index >= 15 is 0 Å². The van der Waals surface area contributed by atoms with Gasteiger partial charge in [0.05, 0.1) is 0 Å². The molecule has 0 aliphatic carbocycles. The van der Waals surface area contributed by atoms with Gasteiger partial charge in [0.15, 0.2) is 5.52 Å². The van der Waals surface area contributed by atoms with Crippen molar-refractivity contribution >= 4 is 27.1 Å². The highest BCUT2D eigenvalue weighted by molar-refractivity contribution is 9.10. The zero-order chi connectivity index (χ0) is 14.9. The first-order chi connectivity index (χ1) is 10.8. The third kappa shape index (κ3) is 2.22. The lowest BCUT2D eigenvalue weighted by molar-refractivity contribution is -0.570. The Bertz CT molecular complexity index is 945. The van der Waals surface area contributed by atoms with Gasteiger partial charge in [-0.2, -0.15) is 4.57 Å². The van der Waals surface area contributed by atoms with Crippen molar-refractivity contribution in [1.29, 1.82) is 0 Å². The van der Waals surface area contributed by atoms with Gasteiger partial charge in [-0.3, -0.25) is 0 Å². The second-order valence-corrected chi connectivity index (χ2v) is 5.93. The van der Waals surface area contributed by atoms with Crippen molar-refractivity contribution in [3.63, 3.8) is 0 Å². The zero-order valence-electron chi connectivity index (χ0n) is 11.7. The number of rotatable bonds is 2. The summed E-state index contributed by atoms with van der Waals surface area (Å²) in [5.74, 6) is 0. The van der Waals surface area contributed by atoms with Crippen molar-refractivity contribution in [3.05, 3.63) is 83.7 Å². The Morgan fingerprint density at radius 1 is 0.909 bits per heavy atom. The first-order valence-corrected chi connectivity index (χ1v) is 7.81. The summed E-state index contributed by atoms with van der Waals surface area (Å²) in [6, 6.07) is 22.6. The zero-order valence-corrected chi connectivity index (χ0v) is 13.3. The number of fused-ring (bicyclic) bond motifs is 1. The molecule has 2 aromatic carbocycles. The first kappa shape index (κ1) is 13.2. The Balaban J connectivity index is 2.01. The van der Waals surface area contributed by atoms with Gasteiger partial charge in [-0.25, -0.2) is 4.57 Å². The average molecular weight is 351 g/mol. The van der Waals surface area contributed by atoms with Crippen LogP contribution in [0.25, 0.3) is 22.5 Å². The van der Waals surface area contributed by atoms with E-state index in [-0.39, 0.29) is 0 Å². The number of hydrogen-bond donors (Lipinski definition) is 0. The van der Waals surface area contributed by atoms with Crippen molar-refractivity contribution in [2.45, 2.75) is 0 Å². The van der Waals surface area contributed by atoms with Gasteiger partial charge in [0.1, 0.15) is 17.6 Å². The van der Waals surface area contributed by atoms with Crippen LogP contribution in [0.2, 0.25) is 0 Å². The van der Waals surface area contributed by atoms with Crippen LogP contribution in [0.1, 0.15) is 0 Å². The summed E-state index contributed by atoms with van der Waals surface area (Å²) < 4.78 is 5.32. The third-order valence-electron chi connectivity index (χ3n) is 3.61. The predicted molar refractivity (Wildman–Crippen MR) is 90.3 cm³/mol. The van der Waals surface area contributed by atoms with E-state index in [1.54, 1.807) is 0 Å². The molecule has 22 heavy (non-hydrogen) atoms. The summed E-state index contributed by atoms with van der Waals surface area (Å²) in [7, 11) is 0. The van der Waals surface area contributed by atoms with E-state index in [1.165, 1.54) is 0 Å². The molecular weight excluding hydrogens is 338 g/mol. The first-order valence-electron chi connectivity index (χ1n) is 7.02. The average Bonchev–Trinajstić information content (AvgIpc) is 2.95. The minimum absolute atomic E-state index is 0.939. The van der Waals surface area contributed by atoms with E-state index in [0.29, 0.717) is 0 Å². The van der Waals surface area contributed by atoms with E-state index in [2.05, 4.69) is 66.7 Å². The van der Waals surface area contributed by atoms with Crippen LogP contribution in [0, 0.1) is 0 Å². The summed E-state index contributed by atoms with van der Waals surface area (Å²) in [5.41, 5.74) is 4.21. The number of nitrogens with zero attached hydrogens (tertiary/aromatic N) is 3. The molecule has 2 aromatic heterocycles. The molecule has 0 radical (unpaired) electrons. The summed E-state index contributed by atoms with van der Waals surface area (Å²) in [5, 5.41) is 0. The van der Waals surface area contributed by atoms with Crippen LogP contribution < -0.4 is 4.57 Å². The van der Waals surface area contributed by atoms with Crippen molar-refractivity contribution < 1.29 is 4.57 Å². The molecule has 4 aromatic rings. The lowest BCUT2D eigenvalue weighted by Gasteiger charge is -1.99. The van der Waals surface area contributed by atoms with Crippen LogP contribution in [-0.4, -0.2) is 9.55 Å². The van der Waals surface area contributed by atoms with E-state index in [1.807, 2.05) is 42.6 Å². The van der Waals surface area contributed by atoms with Crippen LogP contribution in [0.5, 0.6) is 0 Å². The molecule has 0 amide bonds. The van der Waals surface area contributed by atoms with E-state index in [4.69, 9.17) is 0 Å². The van der Waals surface area contributed by atoms with Crippen molar-refractivity contribution in [3.8, 4) is 11.4 Å². The van der Waals surface area contributed by atoms with E-state index in [9.17, 15) is 0 Å². The highest BCUT2D eigenvalue weighted by Gasteiger charge is 2.18. The monoisotopic (exact) mass is 350 g/mol. The van der Waals surface area contributed by atoms with Crippen LogP contribution in [0.15, 0.2) is 83.7 Å². The largest absolute Gasteiger partial charge is 0.307 e. The van der Waals surface area contributed by atoms with Crippen LogP contribution >= 0.6 is 15.9 Å². The Morgan fingerprint density at radius 3 is 2.59 bits per heavy atom. The molecule has 0 aliphatic heterocycles. The van der Waals surface area contributed by atoms with Gasteiger partial charge in [0, 0.05) is 4.47 Å². The minimum atomic E-state index is 0.939. The van der Waals surface area contributed by atoms with E-state index in [0.717, 1.165) is 27.0 Å². The lowest BCUT2D eigenvalue weighted by Crippen LogP contribution is -2.29. The molecule has 4 rings (SSSR count). The van der Waals surface area contributed by atoms with Gasteiger partial charge in [-0.05, 0) is 42.5 Å². The maximum atomic E-state index is 4.56. The molecular formula is C18H13BrN3+. The van der Waals surface area contributed by atoms with Gasteiger partial charge in [-0.15, -0.1) is 4.98 Å². The lowest BCUT2D eigenvalue weighted by atomic mass is 10.3. The molecule has 0 aliphatic rings. The highest BCUT2D eigenvalue weighted by Crippen LogP contribution is 2.20. The van der Waals surface area contributed by atoms with Gasteiger partial charge >= 0.3 is 5.65 Å². The number of benzene rings is 2. The van der Waals surface area contributed by atoms with Crippen molar-refractivity contribution in [2.24, 2.45) is 0 Å². The van der Waals surface area contributed by atoms with Crippen molar-refractivity contribution in [1.82, 2.24) is 9.55 Å². The highest BCUT2D eigenvalue weighted by atomic mass is 79.9. The smallest absolute Gasteiger partial charge is 0.226 e. The molecule has 0 saturated heterocycles. The molecule has 0 N–H and O–H groups in total. The predicted octanol–water partition coefficient (Wildman–Crippen LogP) is 4.06. The quantitative estimate of drug-likeness (QED) is 0.499. The normalized spacial score (nSPS) is 11.0. The fraction of sp³-hybridized carbons (Fsp3) is 0. The Morgan fingerprint density at radius 2 is 1.77 bits per heavy atom. The Kier molecular flexibility index (Phi) is 3.24. The molecule has 0 unspecified atom stereocenters.